The Morgan fingerprint density at radius 1 is 1.20 bits per heavy atom. The summed E-state index contributed by atoms with van der Waals surface area (Å²) in [6.07, 6.45) is 3.55. The molecule has 4 rings (SSSR count). The number of rotatable bonds is 5. The number of hydrogen-bond acceptors (Lipinski definition) is 4. The smallest absolute Gasteiger partial charge is 0.228 e. The molecule has 3 heterocycles. The van der Waals surface area contributed by atoms with Crippen LogP contribution in [0.2, 0.25) is 0 Å². The summed E-state index contributed by atoms with van der Waals surface area (Å²) in [6.45, 7) is 0.873. The maximum absolute atomic E-state index is 12.8. The highest BCUT2D eigenvalue weighted by Gasteiger charge is 2.29. The molecule has 1 aliphatic rings. The molecule has 0 spiro atoms. The molecule has 1 aromatic carbocycles. The average molecular weight is 369 g/mol. The molecule has 5 heteroatoms. The molecule has 0 N–H and O–H groups in total. The van der Waals surface area contributed by atoms with Gasteiger partial charge in [-0.1, -0.05) is 30.3 Å². The van der Waals surface area contributed by atoms with Crippen molar-refractivity contribution in [3.05, 3.63) is 63.8 Å². The summed E-state index contributed by atoms with van der Waals surface area (Å²) >= 11 is 3.29. The van der Waals surface area contributed by atoms with Crippen LogP contribution in [0.25, 0.3) is 10.6 Å². The van der Waals surface area contributed by atoms with E-state index in [-0.39, 0.29) is 5.91 Å². The molecule has 1 amide bonds. The number of nitrogens with zero attached hydrogens (tertiary/aromatic N) is 2. The van der Waals surface area contributed by atoms with Crippen LogP contribution in [0.4, 0.5) is 0 Å². The van der Waals surface area contributed by atoms with Gasteiger partial charge in [0.15, 0.2) is 0 Å². The highest BCUT2D eigenvalue weighted by Crippen LogP contribution is 2.27. The Labute approximate surface area is 156 Å². The molecule has 0 aliphatic carbocycles. The van der Waals surface area contributed by atoms with E-state index in [1.54, 1.807) is 22.7 Å². The Morgan fingerprint density at radius 2 is 2.08 bits per heavy atom. The van der Waals surface area contributed by atoms with E-state index in [9.17, 15) is 4.79 Å². The molecule has 128 valence electrons. The quantitative estimate of drug-likeness (QED) is 0.657. The van der Waals surface area contributed by atoms with Crippen molar-refractivity contribution in [3.63, 3.8) is 0 Å². The van der Waals surface area contributed by atoms with Crippen LogP contribution in [0.1, 0.15) is 24.1 Å². The Hall–Kier alpha value is -1.98. The summed E-state index contributed by atoms with van der Waals surface area (Å²) in [7, 11) is 0. The second-order valence-corrected chi connectivity index (χ2v) is 8.04. The lowest BCUT2D eigenvalue weighted by molar-refractivity contribution is -0.131. The largest absolute Gasteiger partial charge is 0.339 e. The second-order valence-electron chi connectivity index (χ2n) is 6.41. The lowest BCUT2D eigenvalue weighted by Crippen LogP contribution is -2.37. The first-order valence-electron chi connectivity index (χ1n) is 8.60. The van der Waals surface area contributed by atoms with Gasteiger partial charge in [-0.15, -0.1) is 11.3 Å². The number of aromatic nitrogens is 1. The molecule has 1 saturated heterocycles. The minimum atomic E-state index is 0.209. The number of carbonyl (C=O) groups is 1. The van der Waals surface area contributed by atoms with Crippen molar-refractivity contribution in [3.8, 4) is 10.6 Å². The summed E-state index contributed by atoms with van der Waals surface area (Å²) in [6, 6.07) is 12.9. The van der Waals surface area contributed by atoms with Gasteiger partial charge in [0, 0.05) is 28.9 Å². The Morgan fingerprint density at radius 3 is 2.88 bits per heavy atom. The number of thiophene rings is 1. The van der Waals surface area contributed by atoms with Crippen LogP contribution in [0.3, 0.4) is 0 Å². The summed E-state index contributed by atoms with van der Waals surface area (Å²) in [5.74, 6) is 0.209. The highest BCUT2D eigenvalue weighted by molar-refractivity contribution is 7.14. The molecule has 1 unspecified atom stereocenters. The SMILES string of the molecule is O=C(Cc1csc(-c2ccsc2)n1)N1CCCC1Cc1ccccc1. The van der Waals surface area contributed by atoms with Gasteiger partial charge < -0.3 is 4.90 Å². The second kappa shape index (κ2) is 7.50. The normalized spacial score (nSPS) is 17.1. The highest BCUT2D eigenvalue weighted by atomic mass is 32.1. The first-order valence-corrected chi connectivity index (χ1v) is 10.4. The maximum Gasteiger partial charge on any atom is 0.228 e. The number of benzene rings is 1. The number of thiazole rings is 1. The Bertz CT molecular complexity index is 827. The fourth-order valence-electron chi connectivity index (χ4n) is 3.43. The van der Waals surface area contributed by atoms with Gasteiger partial charge in [-0.3, -0.25) is 4.79 Å². The van der Waals surface area contributed by atoms with Crippen LogP contribution in [0, 0.1) is 0 Å². The van der Waals surface area contributed by atoms with Crippen molar-refractivity contribution in [1.29, 1.82) is 0 Å². The number of hydrogen-bond donors (Lipinski definition) is 0. The summed E-state index contributed by atoms with van der Waals surface area (Å²) in [5, 5.41) is 7.18. The molecule has 25 heavy (non-hydrogen) atoms. The summed E-state index contributed by atoms with van der Waals surface area (Å²) < 4.78 is 0. The number of likely N-dealkylation sites (tertiary alicyclic amines) is 1. The van der Waals surface area contributed by atoms with Gasteiger partial charge in [0.1, 0.15) is 5.01 Å². The minimum Gasteiger partial charge on any atom is -0.339 e. The lowest BCUT2D eigenvalue weighted by Gasteiger charge is -2.24. The zero-order valence-electron chi connectivity index (χ0n) is 13.9. The van der Waals surface area contributed by atoms with Crippen molar-refractivity contribution < 1.29 is 4.79 Å². The van der Waals surface area contributed by atoms with E-state index in [0.717, 1.165) is 42.1 Å². The van der Waals surface area contributed by atoms with Gasteiger partial charge in [0.05, 0.1) is 12.1 Å². The van der Waals surface area contributed by atoms with Crippen LogP contribution < -0.4 is 0 Å². The van der Waals surface area contributed by atoms with Crippen LogP contribution in [0.5, 0.6) is 0 Å². The van der Waals surface area contributed by atoms with E-state index in [4.69, 9.17) is 0 Å². The maximum atomic E-state index is 12.8. The van der Waals surface area contributed by atoms with Gasteiger partial charge in [-0.05, 0) is 36.3 Å². The van der Waals surface area contributed by atoms with Crippen molar-refractivity contribution in [2.24, 2.45) is 0 Å². The van der Waals surface area contributed by atoms with Gasteiger partial charge in [-0.25, -0.2) is 4.98 Å². The molecule has 3 nitrogen and oxygen atoms in total. The van der Waals surface area contributed by atoms with Crippen LogP contribution in [-0.2, 0) is 17.6 Å². The number of amides is 1. The van der Waals surface area contributed by atoms with E-state index in [1.165, 1.54) is 5.56 Å². The third-order valence-electron chi connectivity index (χ3n) is 4.66. The van der Waals surface area contributed by atoms with Crippen LogP contribution in [-0.4, -0.2) is 28.4 Å². The lowest BCUT2D eigenvalue weighted by atomic mass is 10.0. The molecule has 0 saturated carbocycles. The molecule has 1 aliphatic heterocycles. The van der Waals surface area contributed by atoms with Crippen molar-refractivity contribution in [2.75, 3.05) is 6.54 Å². The van der Waals surface area contributed by atoms with Gasteiger partial charge in [0.25, 0.3) is 0 Å². The van der Waals surface area contributed by atoms with Crippen molar-refractivity contribution >= 4 is 28.6 Å². The molecule has 1 fully saturated rings. The van der Waals surface area contributed by atoms with E-state index in [0.29, 0.717) is 12.5 Å². The van der Waals surface area contributed by atoms with Crippen molar-refractivity contribution in [1.82, 2.24) is 9.88 Å². The Balaban J connectivity index is 1.41. The molecule has 1 atom stereocenters. The first kappa shape index (κ1) is 16.5. The van der Waals surface area contributed by atoms with Crippen LogP contribution >= 0.6 is 22.7 Å². The van der Waals surface area contributed by atoms with E-state index in [1.807, 2.05) is 11.4 Å². The third kappa shape index (κ3) is 3.83. The molecule has 0 radical (unpaired) electrons. The molecular formula is C20H20N2OS2. The third-order valence-corrected chi connectivity index (χ3v) is 6.29. The number of carbonyl (C=O) groups excluding carboxylic acids is 1. The van der Waals surface area contributed by atoms with E-state index in [2.05, 4.69) is 51.0 Å². The van der Waals surface area contributed by atoms with Gasteiger partial charge >= 0.3 is 0 Å². The zero-order valence-corrected chi connectivity index (χ0v) is 15.6. The predicted octanol–water partition coefficient (Wildman–Crippen LogP) is 4.65. The summed E-state index contributed by atoms with van der Waals surface area (Å²) in [5.41, 5.74) is 3.35. The minimum absolute atomic E-state index is 0.209. The first-order chi connectivity index (χ1) is 12.3. The molecule has 3 aromatic rings. The van der Waals surface area contributed by atoms with Gasteiger partial charge in [-0.2, -0.15) is 11.3 Å². The predicted molar refractivity (Wildman–Crippen MR) is 104 cm³/mol. The molecule has 0 bridgehead atoms. The zero-order chi connectivity index (χ0) is 17.1. The summed E-state index contributed by atoms with van der Waals surface area (Å²) in [4.78, 5) is 19.5. The fourth-order valence-corrected chi connectivity index (χ4v) is 4.96. The van der Waals surface area contributed by atoms with Crippen molar-refractivity contribution in [2.45, 2.75) is 31.7 Å². The monoisotopic (exact) mass is 368 g/mol. The van der Waals surface area contributed by atoms with Gasteiger partial charge in [0.2, 0.25) is 5.91 Å². The topological polar surface area (TPSA) is 33.2 Å². The Kier molecular flexibility index (Phi) is 4.95. The van der Waals surface area contributed by atoms with E-state index >= 15 is 0 Å². The van der Waals surface area contributed by atoms with Crippen LogP contribution in [0.15, 0.2) is 52.5 Å². The standard InChI is InChI=1S/C20H20N2OS2/c23-19(12-17-14-25-20(21-17)16-8-10-24-13-16)22-9-4-7-18(22)11-15-5-2-1-3-6-15/h1-3,5-6,8,10,13-14,18H,4,7,9,11-12H2. The fraction of sp³-hybridized carbons (Fsp3) is 0.300. The molecular weight excluding hydrogens is 348 g/mol. The average Bonchev–Trinajstić information content (AvgIpc) is 3.37. The molecule has 2 aromatic heterocycles. The van der Waals surface area contributed by atoms with E-state index < -0.39 is 0 Å².